The van der Waals surface area contributed by atoms with Gasteiger partial charge in [-0.2, -0.15) is 0 Å². The summed E-state index contributed by atoms with van der Waals surface area (Å²) in [5, 5.41) is 8.76. The Hall–Kier alpha value is -0.440. The van der Waals surface area contributed by atoms with E-state index >= 15 is 0 Å². The Kier molecular flexibility index (Phi) is 3.00. The Morgan fingerprint density at radius 1 is 1.27 bits per heavy atom. The second kappa shape index (κ2) is 3.81. The second-order valence-electron chi connectivity index (χ2n) is 2.86. The molecule has 0 heterocycles. The second-order valence-corrected chi connectivity index (χ2v) is 2.86. The molecule has 0 aromatic carbocycles. The first-order valence-corrected chi connectivity index (χ1v) is 3.86. The van der Waals surface area contributed by atoms with E-state index in [0.29, 0.717) is 0 Å². The molecule has 1 N–H and O–H groups in total. The molecule has 3 heteroatoms. The zero-order valence-electron chi connectivity index (χ0n) is 6.26. The molecule has 0 aromatic heterocycles. The number of allylic oxidation sites excluding steroid dienone is 1. The lowest BCUT2D eigenvalue weighted by Gasteiger charge is -2.04. The van der Waals surface area contributed by atoms with Gasteiger partial charge in [-0.15, -0.1) is 0 Å². The standard InChI is InChI=1S/C8H12F2O/c9-8(10)7(11)5-6-3-1-2-4-6/h5,7-8,11H,1-4H2/t7-/m1/s1. The quantitative estimate of drug-likeness (QED) is 0.616. The lowest BCUT2D eigenvalue weighted by Crippen LogP contribution is -2.14. The van der Waals surface area contributed by atoms with Crippen molar-refractivity contribution in [1.29, 1.82) is 0 Å². The van der Waals surface area contributed by atoms with E-state index in [2.05, 4.69) is 0 Å². The molecule has 0 bridgehead atoms. The summed E-state index contributed by atoms with van der Waals surface area (Å²) in [4.78, 5) is 0. The summed E-state index contributed by atoms with van der Waals surface area (Å²) in [6.45, 7) is 0. The predicted octanol–water partition coefficient (Wildman–Crippen LogP) is 2.11. The monoisotopic (exact) mass is 162 g/mol. The SMILES string of the molecule is O[C@H](C=C1CCCC1)C(F)F. The maximum absolute atomic E-state index is 11.8. The Labute approximate surface area is 64.7 Å². The van der Waals surface area contributed by atoms with E-state index in [0.717, 1.165) is 31.3 Å². The van der Waals surface area contributed by atoms with Crippen LogP contribution in [-0.4, -0.2) is 17.6 Å². The fourth-order valence-corrected chi connectivity index (χ4v) is 1.31. The lowest BCUT2D eigenvalue weighted by atomic mass is 10.2. The fourth-order valence-electron chi connectivity index (χ4n) is 1.31. The lowest BCUT2D eigenvalue weighted by molar-refractivity contribution is 0.0236. The smallest absolute Gasteiger partial charge is 0.267 e. The van der Waals surface area contributed by atoms with Gasteiger partial charge in [-0.1, -0.05) is 11.6 Å². The summed E-state index contributed by atoms with van der Waals surface area (Å²) in [6.07, 6.45) is 1.01. The molecule has 1 atom stereocenters. The number of aliphatic hydroxyl groups excluding tert-OH is 1. The van der Waals surface area contributed by atoms with Crippen molar-refractivity contribution in [2.24, 2.45) is 0 Å². The molecule has 0 radical (unpaired) electrons. The van der Waals surface area contributed by atoms with Crippen LogP contribution >= 0.6 is 0 Å². The fraction of sp³-hybridized carbons (Fsp3) is 0.750. The molecule has 0 saturated heterocycles. The van der Waals surface area contributed by atoms with Gasteiger partial charge in [0.25, 0.3) is 6.43 Å². The van der Waals surface area contributed by atoms with Crippen LogP contribution in [0.3, 0.4) is 0 Å². The van der Waals surface area contributed by atoms with Gasteiger partial charge >= 0.3 is 0 Å². The van der Waals surface area contributed by atoms with Crippen LogP contribution in [-0.2, 0) is 0 Å². The molecule has 0 spiro atoms. The Balaban J connectivity index is 2.42. The van der Waals surface area contributed by atoms with Crippen molar-refractivity contribution >= 4 is 0 Å². The van der Waals surface area contributed by atoms with Gasteiger partial charge in [0.05, 0.1) is 0 Å². The van der Waals surface area contributed by atoms with E-state index in [1.165, 1.54) is 6.08 Å². The Morgan fingerprint density at radius 2 is 1.82 bits per heavy atom. The van der Waals surface area contributed by atoms with Crippen LogP contribution in [0.5, 0.6) is 0 Å². The van der Waals surface area contributed by atoms with Gasteiger partial charge in [0, 0.05) is 0 Å². The molecule has 1 nitrogen and oxygen atoms in total. The molecule has 0 aliphatic heterocycles. The van der Waals surface area contributed by atoms with Gasteiger partial charge in [-0.05, 0) is 25.7 Å². The topological polar surface area (TPSA) is 20.2 Å². The summed E-state index contributed by atoms with van der Waals surface area (Å²) in [5.74, 6) is 0. The molecule has 1 fully saturated rings. The number of aliphatic hydroxyl groups is 1. The minimum atomic E-state index is -2.64. The minimum absolute atomic E-state index is 0.879. The zero-order valence-corrected chi connectivity index (χ0v) is 6.26. The molecule has 0 aromatic rings. The predicted molar refractivity (Wildman–Crippen MR) is 38.6 cm³/mol. The van der Waals surface area contributed by atoms with Crippen LogP contribution < -0.4 is 0 Å². The third-order valence-electron chi connectivity index (χ3n) is 1.91. The van der Waals surface area contributed by atoms with E-state index in [1.807, 2.05) is 0 Å². The van der Waals surface area contributed by atoms with E-state index < -0.39 is 12.5 Å². The number of hydrogen-bond acceptors (Lipinski definition) is 1. The van der Waals surface area contributed by atoms with Crippen molar-refractivity contribution in [3.05, 3.63) is 11.6 Å². The molecular weight excluding hydrogens is 150 g/mol. The number of halogens is 2. The average Bonchev–Trinajstić information content (AvgIpc) is 2.39. The Bertz CT molecular complexity index is 146. The highest BCUT2D eigenvalue weighted by Crippen LogP contribution is 2.24. The van der Waals surface area contributed by atoms with Crippen LogP contribution in [0, 0.1) is 0 Å². The van der Waals surface area contributed by atoms with Crippen LogP contribution in [0.4, 0.5) is 8.78 Å². The summed E-state index contributed by atoms with van der Waals surface area (Å²) >= 11 is 0. The molecular formula is C8H12F2O. The summed E-state index contributed by atoms with van der Waals surface area (Å²) in [6, 6.07) is 0. The summed E-state index contributed by atoms with van der Waals surface area (Å²) in [7, 11) is 0. The average molecular weight is 162 g/mol. The van der Waals surface area contributed by atoms with Gasteiger partial charge < -0.3 is 5.11 Å². The summed E-state index contributed by atoms with van der Waals surface area (Å²) < 4.78 is 23.6. The summed E-state index contributed by atoms with van der Waals surface area (Å²) in [5.41, 5.74) is 0.984. The molecule has 1 aliphatic rings. The van der Waals surface area contributed by atoms with E-state index in [-0.39, 0.29) is 0 Å². The van der Waals surface area contributed by atoms with Gasteiger partial charge in [0.2, 0.25) is 0 Å². The van der Waals surface area contributed by atoms with Crippen molar-refractivity contribution in [2.45, 2.75) is 38.2 Å². The third kappa shape index (κ3) is 2.58. The van der Waals surface area contributed by atoms with Crippen LogP contribution in [0.2, 0.25) is 0 Å². The van der Waals surface area contributed by atoms with Crippen LogP contribution in [0.1, 0.15) is 25.7 Å². The number of rotatable bonds is 2. The first-order chi connectivity index (χ1) is 5.20. The third-order valence-corrected chi connectivity index (χ3v) is 1.91. The molecule has 64 valence electrons. The zero-order chi connectivity index (χ0) is 8.27. The van der Waals surface area contributed by atoms with E-state index in [1.54, 1.807) is 0 Å². The van der Waals surface area contributed by atoms with Gasteiger partial charge in [0.15, 0.2) is 0 Å². The molecule has 1 aliphatic carbocycles. The van der Waals surface area contributed by atoms with Crippen molar-refractivity contribution in [3.63, 3.8) is 0 Å². The van der Waals surface area contributed by atoms with Gasteiger partial charge in [-0.3, -0.25) is 0 Å². The number of hydrogen-bond donors (Lipinski definition) is 1. The molecule has 0 unspecified atom stereocenters. The highest BCUT2D eigenvalue weighted by atomic mass is 19.3. The van der Waals surface area contributed by atoms with Gasteiger partial charge in [-0.25, -0.2) is 8.78 Å². The first kappa shape index (κ1) is 8.65. The first-order valence-electron chi connectivity index (χ1n) is 3.86. The minimum Gasteiger partial charge on any atom is -0.383 e. The Morgan fingerprint density at radius 3 is 2.27 bits per heavy atom. The van der Waals surface area contributed by atoms with Crippen LogP contribution in [0.15, 0.2) is 11.6 Å². The van der Waals surface area contributed by atoms with Crippen LogP contribution in [0.25, 0.3) is 0 Å². The van der Waals surface area contributed by atoms with E-state index in [4.69, 9.17) is 5.11 Å². The normalized spacial score (nSPS) is 20.9. The highest BCUT2D eigenvalue weighted by molar-refractivity contribution is 5.08. The van der Waals surface area contributed by atoms with Crippen molar-refractivity contribution in [1.82, 2.24) is 0 Å². The van der Waals surface area contributed by atoms with Crippen molar-refractivity contribution < 1.29 is 13.9 Å². The number of alkyl halides is 2. The molecule has 1 rings (SSSR count). The maximum atomic E-state index is 11.8. The molecule has 0 amide bonds. The van der Waals surface area contributed by atoms with Gasteiger partial charge in [0.1, 0.15) is 6.10 Å². The maximum Gasteiger partial charge on any atom is 0.267 e. The van der Waals surface area contributed by atoms with E-state index in [9.17, 15) is 8.78 Å². The molecule has 1 saturated carbocycles. The highest BCUT2D eigenvalue weighted by Gasteiger charge is 2.16. The van der Waals surface area contributed by atoms with Crippen molar-refractivity contribution in [2.75, 3.05) is 0 Å². The largest absolute Gasteiger partial charge is 0.383 e. The molecule has 11 heavy (non-hydrogen) atoms. The van der Waals surface area contributed by atoms with Crippen molar-refractivity contribution in [3.8, 4) is 0 Å².